The van der Waals surface area contributed by atoms with Crippen molar-refractivity contribution in [1.82, 2.24) is 0 Å². The molecule has 1 aromatic rings. The number of carbonyl (C=O) groups is 1. The van der Waals surface area contributed by atoms with E-state index in [2.05, 4.69) is 5.32 Å². The highest BCUT2D eigenvalue weighted by Gasteiger charge is 2.35. The summed E-state index contributed by atoms with van der Waals surface area (Å²) in [6.07, 6.45) is 0.0557. The van der Waals surface area contributed by atoms with Gasteiger partial charge >= 0.3 is 12.4 Å². The molecule has 2 atom stereocenters. The van der Waals surface area contributed by atoms with Crippen LogP contribution in [0.15, 0.2) is 18.2 Å². The standard InChI is InChI=1S/C28H40F6N2O3S/c1-26(38,25(37)36-23-15-14-22(21-35)24(20-23)28(32,33)34)16-10-8-6-4-2-3-5-7-9-12-18-40(39)19-13-11-17-27(29,30)31/h14-15,20,38H,2-13,16-19H2,1H3,(H,36,37)/t26-,40?/m0/s1. The monoisotopic (exact) mass is 598 g/mol. The van der Waals surface area contributed by atoms with E-state index in [1.165, 1.54) is 19.1 Å². The Labute approximate surface area is 235 Å². The number of halogens is 6. The molecule has 2 N–H and O–H groups in total. The van der Waals surface area contributed by atoms with E-state index < -0.39 is 52.2 Å². The number of carbonyl (C=O) groups excluding carboxylic acids is 1. The molecule has 0 aliphatic heterocycles. The summed E-state index contributed by atoms with van der Waals surface area (Å²) in [5.74, 6) is 0.0575. The molecule has 228 valence electrons. The van der Waals surface area contributed by atoms with Gasteiger partial charge in [-0.25, -0.2) is 0 Å². The molecule has 40 heavy (non-hydrogen) atoms. The average Bonchev–Trinajstić information content (AvgIpc) is 2.86. The first-order valence-corrected chi connectivity index (χ1v) is 15.2. The lowest BCUT2D eigenvalue weighted by Crippen LogP contribution is -2.40. The maximum atomic E-state index is 13.1. The van der Waals surface area contributed by atoms with E-state index in [0.717, 1.165) is 63.9 Å². The number of nitrogens with one attached hydrogen (secondary N) is 1. The zero-order chi connectivity index (χ0) is 30.2. The van der Waals surface area contributed by atoms with Gasteiger partial charge in [0.2, 0.25) is 0 Å². The summed E-state index contributed by atoms with van der Waals surface area (Å²) in [5.41, 5.74) is -3.60. The minimum Gasteiger partial charge on any atom is -0.380 e. The number of aliphatic hydroxyl groups is 1. The average molecular weight is 599 g/mol. The molecule has 0 aliphatic carbocycles. The number of anilines is 1. The third-order valence-electron chi connectivity index (χ3n) is 6.56. The van der Waals surface area contributed by atoms with Crippen molar-refractivity contribution in [2.24, 2.45) is 0 Å². The molecule has 0 spiro atoms. The van der Waals surface area contributed by atoms with Gasteiger partial charge in [0.25, 0.3) is 5.91 Å². The summed E-state index contributed by atoms with van der Waals surface area (Å²) in [5, 5.41) is 21.7. The first-order chi connectivity index (χ1) is 18.7. The molecule has 1 amide bonds. The Balaban J connectivity index is 2.12. The summed E-state index contributed by atoms with van der Waals surface area (Å²) in [7, 11) is -1.05. The fourth-order valence-corrected chi connectivity index (χ4v) is 5.43. The Bertz CT molecular complexity index is 974. The Kier molecular flexibility index (Phi) is 15.8. The van der Waals surface area contributed by atoms with Gasteiger partial charge in [0.1, 0.15) is 5.60 Å². The summed E-state index contributed by atoms with van der Waals surface area (Å²) >= 11 is 0. The van der Waals surface area contributed by atoms with Gasteiger partial charge in [-0.15, -0.1) is 0 Å². The predicted octanol–water partition coefficient (Wildman–Crippen LogP) is 8.04. The molecular weight excluding hydrogens is 558 g/mol. The minimum atomic E-state index is -4.75. The second-order valence-corrected chi connectivity index (χ2v) is 12.0. The van der Waals surface area contributed by atoms with Crippen molar-refractivity contribution in [3.63, 3.8) is 0 Å². The smallest absolute Gasteiger partial charge is 0.380 e. The summed E-state index contributed by atoms with van der Waals surface area (Å²) in [6, 6.07) is 4.32. The molecule has 0 aromatic heterocycles. The van der Waals surface area contributed by atoms with Crippen molar-refractivity contribution >= 4 is 22.4 Å². The van der Waals surface area contributed by atoms with Crippen molar-refractivity contribution in [1.29, 1.82) is 5.26 Å². The number of rotatable bonds is 19. The highest BCUT2D eigenvalue weighted by Crippen LogP contribution is 2.34. The fraction of sp³-hybridized carbons (Fsp3) is 0.714. The molecule has 12 heteroatoms. The fourth-order valence-electron chi connectivity index (χ4n) is 4.17. The number of hydrogen-bond acceptors (Lipinski definition) is 4. The van der Waals surface area contributed by atoms with Crippen LogP contribution in [0.2, 0.25) is 0 Å². The third-order valence-corrected chi connectivity index (χ3v) is 8.05. The Hall–Kier alpha value is -2.13. The molecule has 0 saturated carbocycles. The number of alkyl halides is 6. The summed E-state index contributed by atoms with van der Waals surface area (Å²) in [4.78, 5) is 12.4. The summed E-state index contributed by atoms with van der Waals surface area (Å²) < 4.78 is 87.4. The molecule has 1 aromatic carbocycles. The first kappa shape index (κ1) is 35.9. The number of unbranched alkanes of at least 4 members (excludes halogenated alkanes) is 10. The van der Waals surface area contributed by atoms with E-state index in [1.807, 2.05) is 0 Å². The largest absolute Gasteiger partial charge is 0.417 e. The number of hydrogen-bond donors (Lipinski definition) is 2. The Morgan fingerprint density at radius 2 is 1.32 bits per heavy atom. The lowest BCUT2D eigenvalue weighted by atomic mass is 9.96. The molecule has 0 fully saturated rings. The second kappa shape index (κ2) is 17.6. The van der Waals surface area contributed by atoms with Crippen molar-refractivity contribution in [3.05, 3.63) is 29.3 Å². The topological polar surface area (TPSA) is 90.2 Å². The molecule has 1 unspecified atom stereocenters. The zero-order valence-electron chi connectivity index (χ0n) is 22.9. The number of benzene rings is 1. The van der Waals surface area contributed by atoms with Gasteiger partial charge in [-0.2, -0.15) is 31.6 Å². The van der Waals surface area contributed by atoms with Crippen LogP contribution in [-0.4, -0.2) is 38.5 Å². The van der Waals surface area contributed by atoms with Crippen molar-refractivity contribution < 1.29 is 40.5 Å². The second-order valence-electron chi connectivity index (χ2n) is 10.3. The Morgan fingerprint density at radius 3 is 1.82 bits per heavy atom. The van der Waals surface area contributed by atoms with E-state index in [0.29, 0.717) is 30.4 Å². The minimum absolute atomic E-state index is 0.0266. The molecule has 0 aliphatic rings. The Morgan fingerprint density at radius 1 is 0.850 bits per heavy atom. The van der Waals surface area contributed by atoms with Crippen LogP contribution in [0.3, 0.4) is 0 Å². The quantitative estimate of drug-likeness (QED) is 0.125. The molecule has 0 bridgehead atoms. The SMILES string of the molecule is C[C@](O)(CCCCCCCCCCCCS(=O)CCCCC(F)(F)F)C(=O)Nc1ccc(C#N)c(C(F)(F)F)c1. The first-order valence-electron chi connectivity index (χ1n) is 13.7. The lowest BCUT2D eigenvalue weighted by molar-refractivity contribution is -0.138. The molecular formula is C28H40F6N2O3S. The van der Waals surface area contributed by atoms with E-state index in [4.69, 9.17) is 5.26 Å². The molecule has 5 nitrogen and oxygen atoms in total. The molecule has 0 saturated heterocycles. The normalized spacial score (nSPS) is 14.4. The van der Waals surface area contributed by atoms with E-state index in [1.54, 1.807) is 0 Å². The number of nitriles is 1. The molecule has 0 heterocycles. The highest BCUT2D eigenvalue weighted by molar-refractivity contribution is 7.84. The lowest BCUT2D eigenvalue weighted by Gasteiger charge is -2.22. The van der Waals surface area contributed by atoms with Gasteiger partial charge in [0.05, 0.1) is 17.2 Å². The van der Waals surface area contributed by atoms with Crippen LogP contribution in [0, 0.1) is 11.3 Å². The van der Waals surface area contributed by atoms with Crippen LogP contribution in [0.1, 0.15) is 108 Å². The number of nitrogens with zero attached hydrogens (tertiary/aromatic N) is 1. The van der Waals surface area contributed by atoms with Crippen molar-refractivity contribution in [2.75, 3.05) is 16.8 Å². The maximum Gasteiger partial charge on any atom is 0.417 e. The van der Waals surface area contributed by atoms with Gasteiger partial charge in [0.15, 0.2) is 0 Å². The summed E-state index contributed by atoms with van der Waals surface area (Å²) in [6.45, 7) is 1.32. The van der Waals surface area contributed by atoms with Crippen LogP contribution in [0.4, 0.5) is 32.0 Å². The van der Waals surface area contributed by atoms with Gasteiger partial charge in [0, 0.05) is 34.4 Å². The number of amides is 1. The van der Waals surface area contributed by atoms with Crippen molar-refractivity contribution in [2.45, 2.75) is 115 Å². The van der Waals surface area contributed by atoms with E-state index in [9.17, 15) is 40.5 Å². The van der Waals surface area contributed by atoms with Gasteiger partial charge in [-0.05, 0) is 50.8 Å². The predicted molar refractivity (Wildman–Crippen MR) is 144 cm³/mol. The van der Waals surface area contributed by atoms with Crippen LogP contribution >= 0.6 is 0 Å². The van der Waals surface area contributed by atoms with Gasteiger partial charge in [-0.3, -0.25) is 9.00 Å². The van der Waals surface area contributed by atoms with E-state index in [-0.39, 0.29) is 18.5 Å². The van der Waals surface area contributed by atoms with Gasteiger partial charge in [-0.1, -0.05) is 57.8 Å². The van der Waals surface area contributed by atoms with Crippen molar-refractivity contribution in [3.8, 4) is 6.07 Å². The maximum absolute atomic E-state index is 13.1. The highest BCUT2D eigenvalue weighted by atomic mass is 32.2. The van der Waals surface area contributed by atoms with E-state index >= 15 is 0 Å². The van der Waals surface area contributed by atoms with Crippen LogP contribution < -0.4 is 5.32 Å². The zero-order valence-corrected chi connectivity index (χ0v) is 23.7. The van der Waals surface area contributed by atoms with Gasteiger partial charge < -0.3 is 10.4 Å². The van der Waals surface area contributed by atoms with Crippen LogP contribution in [0.5, 0.6) is 0 Å². The molecule has 1 rings (SSSR count). The molecule has 0 radical (unpaired) electrons. The van der Waals surface area contributed by atoms with Crippen LogP contribution in [-0.2, 0) is 21.8 Å². The third kappa shape index (κ3) is 15.6. The van der Waals surface area contributed by atoms with Crippen LogP contribution in [0.25, 0.3) is 0 Å².